The van der Waals surface area contributed by atoms with E-state index in [1.54, 1.807) is 19.3 Å². The lowest BCUT2D eigenvalue weighted by molar-refractivity contribution is -0.130. The predicted octanol–water partition coefficient (Wildman–Crippen LogP) is 1.41. The van der Waals surface area contributed by atoms with E-state index in [0.717, 1.165) is 31.4 Å². The molecule has 1 atom stereocenters. The van der Waals surface area contributed by atoms with Crippen LogP contribution in [0.5, 0.6) is 6.01 Å². The molecule has 8 heteroatoms. The minimum Gasteiger partial charge on any atom is -0.463 e. The molecule has 0 bridgehead atoms. The normalized spacial score (nSPS) is 24.6. The molecule has 1 aromatic rings. The summed E-state index contributed by atoms with van der Waals surface area (Å²) in [7, 11) is -0.475. The van der Waals surface area contributed by atoms with Crippen molar-refractivity contribution >= 4 is 18.5 Å². The summed E-state index contributed by atoms with van der Waals surface area (Å²) in [5, 5.41) is 0. The SMILES string of the molecule is CC(=O)N1CCC[C@H](COc2ncc(B3OC(C)(C)C(C)(C)O3)cn2)C1. The highest BCUT2D eigenvalue weighted by Gasteiger charge is 2.51. The van der Waals surface area contributed by atoms with Crippen molar-refractivity contribution in [3.8, 4) is 6.01 Å². The minimum atomic E-state index is -0.475. The average molecular weight is 361 g/mol. The Morgan fingerprint density at radius 3 is 2.46 bits per heavy atom. The molecule has 2 aliphatic rings. The maximum Gasteiger partial charge on any atom is 0.498 e. The van der Waals surface area contributed by atoms with Crippen LogP contribution >= 0.6 is 0 Å². The van der Waals surface area contributed by atoms with Gasteiger partial charge in [-0.2, -0.15) is 0 Å². The molecule has 26 heavy (non-hydrogen) atoms. The molecular weight excluding hydrogens is 333 g/mol. The summed E-state index contributed by atoms with van der Waals surface area (Å²) in [6, 6.07) is 0.338. The van der Waals surface area contributed by atoms with Crippen molar-refractivity contribution in [3.63, 3.8) is 0 Å². The molecular formula is C18H28BN3O4. The standard InChI is InChI=1S/C18H28BN3O4/c1-13(23)22-8-6-7-14(11-22)12-24-16-20-9-15(10-21-16)19-25-17(2,3)18(4,5)26-19/h9-10,14H,6-8,11-12H2,1-5H3/t14-/m0/s1. The fourth-order valence-electron chi connectivity index (χ4n) is 3.18. The van der Waals surface area contributed by atoms with Gasteiger partial charge in [-0.15, -0.1) is 0 Å². The van der Waals surface area contributed by atoms with E-state index in [0.29, 0.717) is 18.5 Å². The zero-order valence-corrected chi connectivity index (χ0v) is 16.3. The molecule has 2 aliphatic heterocycles. The van der Waals surface area contributed by atoms with Crippen LogP contribution in [0, 0.1) is 5.92 Å². The topological polar surface area (TPSA) is 73.8 Å². The molecule has 0 spiro atoms. The molecule has 0 unspecified atom stereocenters. The molecule has 0 aliphatic carbocycles. The maximum atomic E-state index is 11.5. The van der Waals surface area contributed by atoms with Gasteiger partial charge in [-0.25, -0.2) is 9.97 Å². The van der Waals surface area contributed by atoms with Crippen LogP contribution < -0.4 is 10.2 Å². The zero-order valence-electron chi connectivity index (χ0n) is 16.3. The molecule has 3 heterocycles. The van der Waals surface area contributed by atoms with Gasteiger partial charge in [0.2, 0.25) is 5.91 Å². The van der Waals surface area contributed by atoms with Crippen LogP contribution in [0.3, 0.4) is 0 Å². The molecule has 7 nitrogen and oxygen atoms in total. The minimum absolute atomic E-state index is 0.123. The highest BCUT2D eigenvalue weighted by Crippen LogP contribution is 2.36. The summed E-state index contributed by atoms with van der Waals surface area (Å²) in [6.07, 6.45) is 5.44. The molecule has 1 amide bonds. The first-order valence-electron chi connectivity index (χ1n) is 9.24. The van der Waals surface area contributed by atoms with Crippen LogP contribution in [0.1, 0.15) is 47.5 Å². The summed E-state index contributed by atoms with van der Waals surface area (Å²) in [4.78, 5) is 22.0. The van der Waals surface area contributed by atoms with E-state index in [1.807, 2.05) is 32.6 Å². The van der Waals surface area contributed by atoms with Crippen LogP contribution in [0.2, 0.25) is 0 Å². The van der Waals surface area contributed by atoms with E-state index in [1.165, 1.54) is 0 Å². The lowest BCUT2D eigenvalue weighted by atomic mass is 9.81. The molecule has 0 radical (unpaired) electrons. The maximum absolute atomic E-state index is 11.5. The third kappa shape index (κ3) is 4.01. The second kappa shape index (κ2) is 7.16. The summed E-state index contributed by atoms with van der Waals surface area (Å²) in [6.45, 7) is 11.8. The first-order chi connectivity index (χ1) is 12.2. The van der Waals surface area contributed by atoms with Gasteiger partial charge in [0.25, 0.3) is 0 Å². The van der Waals surface area contributed by atoms with Crippen molar-refractivity contribution in [3.05, 3.63) is 12.4 Å². The molecule has 2 fully saturated rings. The number of aromatic nitrogens is 2. The summed E-state index contributed by atoms with van der Waals surface area (Å²) in [5.41, 5.74) is -0.0104. The third-order valence-corrected chi connectivity index (χ3v) is 5.59. The smallest absolute Gasteiger partial charge is 0.463 e. The van der Waals surface area contributed by atoms with E-state index in [-0.39, 0.29) is 5.91 Å². The highest BCUT2D eigenvalue weighted by molar-refractivity contribution is 6.61. The third-order valence-electron chi connectivity index (χ3n) is 5.59. The van der Waals surface area contributed by atoms with E-state index >= 15 is 0 Å². The van der Waals surface area contributed by atoms with Gasteiger partial charge in [-0.1, -0.05) is 0 Å². The molecule has 142 valence electrons. The lowest BCUT2D eigenvalue weighted by Gasteiger charge is -2.32. The molecule has 0 saturated carbocycles. The van der Waals surface area contributed by atoms with Crippen LogP contribution in [0.4, 0.5) is 0 Å². The predicted molar refractivity (Wildman–Crippen MR) is 98.2 cm³/mol. The summed E-state index contributed by atoms with van der Waals surface area (Å²) < 4.78 is 17.7. The van der Waals surface area contributed by atoms with Gasteiger partial charge < -0.3 is 18.9 Å². The number of rotatable bonds is 4. The number of amides is 1. The van der Waals surface area contributed by atoms with Crippen LogP contribution in [-0.4, -0.2) is 58.8 Å². The van der Waals surface area contributed by atoms with Gasteiger partial charge in [0, 0.05) is 43.8 Å². The Kier molecular flexibility index (Phi) is 5.26. The Morgan fingerprint density at radius 2 is 1.88 bits per heavy atom. The second-order valence-corrected chi connectivity index (χ2v) is 8.17. The quantitative estimate of drug-likeness (QED) is 0.755. The van der Waals surface area contributed by atoms with E-state index in [9.17, 15) is 4.79 Å². The molecule has 1 aromatic heterocycles. The Hall–Kier alpha value is -1.67. The van der Waals surface area contributed by atoms with Gasteiger partial charge in [-0.05, 0) is 40.5 Å². The number of hydrogen-bond donors (Lipinski definition) is 0. The highest BCUT2D eigenvalue weighted by atomic mass is 16.7. The Morgan fingerprint density at radius 1 is 1.27 bits per heavy atom. The van der Waals surface area contributed by atoms with Gasteiger partial charge >= 0.3 is 13.1 Å². The Balaban J connectivity index is 1.55. The number of carbonyl (C=O) groups excluding carboxylic acids is 1. The Labute approximate surface area is 155 Å². The molecule has 3 rings (SSSR count). The van der Waals surface area contributed by atoms with Crippen LogP contribution in [0.25, 0.3) is 0 Å². The van der Waals surface area contributed by atoms with Crippen molar-refractivity contribution in [2.24, 2.45) is 5.92 Å². The second-order valence-electron chi connectivity index (χ2n) is 8.17. The number of nitrogens with zero attached hydrogens (tertiary/aromatic N) is 3. The number of hydrogen-bond acceptors (Lipinski definition) is 6. The van der Waals surface area contributed by atoms with Crippen molar-refractivity contribution in [2.75, 3.05) is 19.7 Å². The van der Waals surface area contributed by atoms with Crippen molar-refractivity contribution in [2.45, 2.75) is 58.7 Å². The summed E-state index contributed by atoms with van der Waals surface area (Å²) >= 11 is 0. The molecule has 0 N–H and O–H groups in total. The van der Waals surface area contributed by atoms with E-state index < -0.39 is 18.3 Å². The van der Waals surface area contributed by atoms with Crippen LogP contribution in [-0.2, 0) is 14.1 Å². The lowest BCUT2D eigenvalue weighted by Crippen LogP contribution is -2.41. The van der Waals surface area contributed by atoms with Crippen molar-refractivity contribution in [1.29, 1.82) is 0 Å². The van der Waals surface area contributed by atoms with Gasteiger partial charge in [0.15, 0.2) is 0 Å². The number of piperidine rings is 1. The largest absolute Gasteiger partial charge is 0.498 e. The van der Waals surface area contributed by atoms with Gasteiger partial charge in [-0.3, -0.25) is 4.79 Å². The van der Waals surface area contributed by atoms with Gasteiger partial charge in [0.05, 0.1) is 17.8 Å². The van der Waals surface area contributed by atoms with E-state index in [4.69, 9.17) is 14.0 Å². The summed E-state index contributed by atoms with van der Waals surface area (Å²) in [5.74, 6) is 0.441. The van der Waals surface area contributed by atoms with E-state index in [2.05, 4.69) is 9.97 Å². The van der Waals surface area contributed by atoms with Crippen molar-refractivity contribution < 1.29 is 18.8 Å². The fraction of sp³-hybridized carbons (Fsp3) is 0.722. The molecule has 2 saturated heterocycles. The first-order valence-corrected chi connectivity index (χ1v) is 9.24. The first kappa shape index (κ1) is 19.1. The average Bonchev–Trinajstić information content (AvgIpc) is 2.81. The number of ether oxygens (including phenoxy) is 1. The van der Waals surface area contributed by atoms with Crippen molar-refractivity contribution in [1.82, 2.24) is 14.9 Å². The molecule has 0 aromatic carbocycles. The fourth-order valence-corrected chi connectivity index (χ4v) is 3.18. The van der Waals surface area contributed by atoms with Crippen LogP contribution in [0.15, 0.2) is 12.4 Å². The zero-order chi connectivity index (χ0) is 18.9. The number of likely N-dealkylation sites (tertiary alicyclic amines) is 1. The number of carbonyl (C=O) groups is 1. The monoisotopic (exact) mass is 361 g/mol. The van der Waals surface area contributed by atoms with Gasteiger partial charge in [0.1, 0.15) is 0 Å². The Bertz CT molecular complexity index is 634.